The highest BCUT2D eigenvalue weighted by atomic mass is 35.5. The van der Waals surface area contributed by atoms with E-state index in [2.05, 4.69) is 15.0 Å². The molecule has 0 aliphatic heterocycles. The molecule has 0 radical (unpaired) electrons. The van der Waals surface area contributed by atoms with Gasteiger partial charge in [0.25, 0.3) is 0 Å². The largest absolute Gasteiger partial charge is 0.481 e. The van der Waals surface area contributed by atoms with Crippen molar-refractivity contribution in [2.24, 2.45) is 0 Å². The van der Waals surface area contributed by atoms with Gasteiger partial charge in [0, 0.05) is 17.6 Å². The molecule has 0 fully saturated rings. The summed E-state index contributed by atoms with van der Waals surface area (Å²) in [6, 6.07) is 6.60. The van der Waals surface area contributed by atoms with Crippen LogP contribution in [0.15, 0.2) is 36.5 Å². The zero-order valence-corrected chi connectivity index (χ0v) is 12.9. The Bertz CT molecular complexity index is 903. The number of halogens is 4. The molecule has 5 nitrogen and oxygen atoms in total. The number of benzene rings is 1. The third-order valence-corrected chi connectivity index (χ3v) is 3.39. The first-order valence-corrected chi connectivity index (χ1v) is 6.97. The molecule has 0 N–H and O–H groups in total. The van der Waals surface area contributed by atoms with Crippen LogP contribution >= 0.6 is 11.6 Å². The standard InChI is InChI=1S/C15H9ClF3N3O2/c1-23-12-7-11(15(17,18)19)21-14(22-12)24-10-5-4-9(16)8-3-2-6-20-13(8)10/h2-7H,1H3. The molecule has 124 valence electrons. The van der Waals surface area contributed by atoms with Gasteiger partial charge in [-0.3, -0.25) is 4.98 Å². The van der Waals surface area contributed by atoms with Crippen molar-refractivity contribution >= 4 is 22.5 Å². The van der Waals surface area contributed by atoms with Crippen molar-refractivity contribution in [2.75, 3.05) is 7.11 Å². The maximum atomic E-state index is 12.9. The van der Waals surface area contributed by atoms with Crippen LogP contribution in [0, 0.1) is 0 Å². The zero-order valence-electron chi connectivity index (χ0n) is 12.1. The fourth-order valence-electron chi connectivity index (χ4n) is 1.99. The predicted molar refractivity (Wildman–Crippen MR) is 80.4 cm³/mol. The average molecular weight is 356 g/mol. The Kier molecular flexibility index (Phi) is 4.15. The highest BCUT2D eigenvalue weighted by Crippen LogP contribution is 2.34. The third-order valence-electron chi connectivity index (χ3n) is 3.06. The summed E-state index contributed by atoms with van der Waals surface area (Å²) in [6.45, 7) is 0. The highest BCUT2D eigenvalue weighted by molar-refractivity contribution is 6.35. The second kappa shape index (κ2) is 6.12. The van der Waals surface area contributed by atoms with Crippen LogP contribution in [-0.4, -0.2) is 22.1 Å². The van der Waals surface area contributed by atoms with E-state index < -0.39 is 17.9 Å². The van der Waals surface area contributed by atoms with E-state index in [-0.39, 0.29) is 11.6 Å². The number of pyridine rings is 1. The highest BCUT2D eigenvalue weighted by Gasteiger charge is 2.34. The van der Waals surface area contributed by atoms with Crippen LogP contribution in [-0.2, 0) is 6.18 Å². The molecular formula is C15H9ClF3N3O2. The van der Waals surface area contributed by atoms with Gasteiger partial charge in [-0.1, -0.05) is 11.6 Å². The molecule has 9 heteroatoms. The Labute approximate surface area is 139 Å². The van der Waals surface area contributed by atoms with Gasteiger partial charge < -0.3 is 9.47 Å². The van der Waals surface area contributed by atoms with Gasteiger partial charge in [0.1, 0.15) is 5.52 Å². The smallest absolute Gasteiger partial charge is 0.433 e. The lowest BCUT2D eigenvalue weighted by Gasteiger charge is -2.11. The summed E-state index contributed by atoms with van der Waals surface area (Å²) < 4.78 is 48.9. The van der Waals surface area contributed by atoms with E-state index in [1.807, 2.05) is 0 Å². The van der Waals surface area contributed by atoms with Gasteiger partial charge in [-0.15, -0.1) is 0 Å². The second-order valence-electron chi connectivity index (χ2n) is 4.62. The van der Waals surface area contributed by atoms with Gasteiger partial charge in [0.15, 0.2) is 11.4 Å². The Morgan fingerprint density at radius 1 is 1.12 bits per heavy atom. The minimum absolute atomic E-state index is 0.177. The molecule has 3 rings (SSSR count). The number of hydrogen-bond acceptors (Lipinski definition) is 5. The number of hydrogen-bond donors (Lipinski definition) is 0. The van der Waals surface area contributed by atoms with E-state index in [0.717, 1.165) is 0 Å². The SMILES string of the molecule is COc1cc(C(F)(F)F)nc(Oc2ccc(Cl)c3cccnc23)n1. The van der Waals surface area contributed by atoms with Crippen LogP contribution in [0.25, 0.3) is 10.9 Å². The van der Waals surface area contributed by atoms with Gasteiger partial charge in [-0.25, -0.2) is 0 Å². The second-order valence-corrected chi connectivity index (χ2v) is 5.03. The van der Waals surface area contributed by atoms with E-state index in [1.165, 1.54) is 19.4 Å². The van der Waals surface area contributed by atoms with Gasteiger partial charge in [-0.05, 0) is 24.3 Å². The van der Waals surface area contributed by atoms with Crippen molar-refractivity contribution in [3.63, 3.8) is 0 Å². The molecule has 2 heterocycles. The monoisotopic (exact) mass is 355 g/mol. The summed E-state index contributed by atoms with van der Waals surface area (Å²) in [5.74, 6) is -0.0880. The van der Waals surface area contributed by atoms with Crippen molar-refractivity contribution in [2.45, 2.75) is 6.18 Å². The van der Waals surface area contributed by atoms with Crippen LogP contribution in [0.1, 0.15) is 5.69 Å². The molecule has 0 bridgehead atoms. The molecular weight excluding hydrogens is 347 g/mol. The first-order valence-electron chi connectivity index (χ1n) is 6.60. The molecule has 0 amide bonds. The zero-order chi connectivity index (χ0) is 17.3. The minimum atomic E-state index is -4.66. The fraction of sp³-hybridized carbons (Fsp3) is 0.133. The third kappa shape index (κ3) is 3.18. The summed E-state index contributed by atoms with van der Waals surface area (Å²) >= 11 is 6.07. The van der Waals surface area contributed by atoms with E-state index in [0.29, 0.717) is 22.0 Å². The lowest BCUT2D eigenvalue weighted by molar-refractivity contribution is -0.141. The first kappa shape index (κ1) is 16.3. The number of ether oxygens (including phenoxy) is 2. The molecule has 0 saturated heterocycles. The number of rotatable bonds is 3. The summed E-state index contributed by atoms with van der Waals surface area (Å²) in [6.07, 6.45) is -3.15. The van der Waals surface area contributed by atoms with Gasteiger partial charge in [0.05, 0.1) is 12.1 Å². The van der Waals surface area contributed by atoms with Crippen molar-refractivity contribution in [1.82, 2.24) is 15.0 Å². The maximum Gasteiger partial charge on any atom is 0.433 e. The maximum absolute atomic E-state index is 12.9. The number of nitrogens with zero attached hydrogens (tertiary/aromatic N) is 3. The molecule has 0 spiro atoms. The van der Waals surface area contributed by atoms with Crippen molar-refractivity contribution < 1.29 is 22.6 Å². The lowest BCUT2D eigenvalue weighted by atomic mass is 10.2. The summed E-state index contributed by atoms with van der Waals surface area (Å²) in [4.78, 5) is 11.3. The summed E-state index contributed by atoms with van der Waals surface area (Å²) in [5.41, 5.74) is -0.791. The Balaban J connectivity index is 2.07. The Morgan fingerprint density at radius 3 is 2.62 bits per heavy atom. The van der Waals surface area contributed by atoms with Crippen LogP contribution in [0.4, 0.5) is 13.2 Å². The normalized spacial score (nSPS) is 11.5. The quantitative estimate of drug-likeness (QED) is 0.692. The Hall–Kier alpha value is -2.61. The minimum Gasteiger partial charge on any atom is -0.481 e. The average Bonchev–Trinajstić information content (AvgIpc) is 2.56. The van der Waals surface area contributed by atoms with Crippen LogP contribution < -0.4 is 9.47 Å². The first-order chi connectivity index (χ1) is 11.4. The molecule has 0 atom stereocenters. The van der Waals surface area contributed by atoms with E-state index in [9.17, 15) is 13.2 Å². The van der Waals surface area contributed by atoms with Crippen molar-refractivity contribution in [3.05, 3.63) is 47.2 Å². The topological polar surface area (TPSA) is 57.1 Å². The van der Waals surface area contributed by atoms with Gasteiger partial charge >= 0.3 is 12.2 Å². The number of fused-ring (bicyclic) bond motifs is 1. The molecule has 1 aromatic carbocycles. The van der Waals surface area contributed by atoms with Gasteiger partial charge in [0.2, 0.25) is 5.88 Å². The molecule has 0 unspecified atom stereocenters. The van der Waals surface area contributed by atoms with E-state index >= 15 is 0 Å². The van der Waals surface area contributed by atoms with E-state index in [1.54, 1.807) is 18.2 Å². The molecule has 2 aromatic heterocycles. The van der Waals surface area contributed by atoms with Crippen LogP contribution in [0.2, 0.25) is 5.02 Å². The van der Waals surface area contributed by atoms with Crippen molar-refractivity contribution in [1.29, 1.82) is 0 Å². The van der Waals surface area contributed by atoms with E-state index in [4.69, 9.17) is 21.1 Å². The molecule has 0 saturated carbocycles. The van der Waals surface area contributed by atoms with Crippen LogP contribution in [0.3, 0.4) is 0 Å². The number of alkyl halides is 3. The molecule has 24 heavy (non-hydrogen) atoms. The molecule has 3 aromatic rings. The predicted octanol–water partition coefficient (Wildman–Crippen LogP) is 4.50. The van der Waals surface area contributed by atoms with Crippen molar-refractivity contribution in [3.8, 4) is 17.6 Å². The Morgan fingerprint density at radius 2 is 1.92 bits per heavy atom. The summed E-state index contributed by atoms with van der Waals surface area (Å²) in [5, 5.41) is 1.03. The summed E-state index contributed by atoms with van der Waals surface area (Å²) in [7, 11) is 1.20. The number of aromatic nitrogens is 3. The number of methoxy groups -OCH3 is 1. The van der Waals surface area contributed by atoms with Gasteiger partial charge in [-0.2, -0.15) is 23.1 Å². The molecule has 0 aliphatic carbocycles. The van der Waals surface area contributed by atoms with Crippen LogP contribution in [0.5, 0.6) is 17.6 Å². The fourth-order valence-corrected chi connectivity index (χ4v) is 2.21. The lowest BCUT2D eigenvalue weighted by Crippen LogP contribution is -2.10. The molecule has 0 aliphatic rings.